The average molecular weight is 303 g/mol. The summed E-state index contributed by atoms with van der Waals surface area (Å²) in [5.74, 6) is 1.24. The zero-order valence-electron chi connectivity index (χ0n) is 10.3. The maximum Gasteiger partial charge on any atom is 0.232 e. The molecule has 17 heavy (non-hydrogen) atoms. The molecular weight excluding hydrogens is 284 g/mol. The third kappa shape index (κ3) is 4.47. The summed E-state index contributed by atoms with van der Waals surface area (Å²) in [6.45, 7) is 1.68. The van der Waals surface area contributed by atoms with Crippen molar-refractivity contribution in [2.45, 2.75) is 19.3 Å². The highest BCUT2D eigenvalue weighted by molar-refractivity contribution is 9.10. The van der Waals surface area contributed by atoms with Crippen molar-refractivity contribution in [3.8, 4) is 5.88 Å². The van der Waals surface area contributed by atoms with Crippen LogP contribution in [0.3, 0.4) is 0 Å². The molecule has 0 aliphatic carbocycles. The Labute approximate surface area is 111 Å². The van der Waals surface area contributed by atoms with Gasteiger partial charge < -0.3 is 15.4 Å². The Balaban J connectivity index is 2.53. The monoisotopic (exact) mass is 302 g/mol. The molecule has 96 valence electrons. The van der Waals surface area contributed by atoms with Crippen LogP contribution in [0.25, 0.3) is 0 Å². The van der Waals surface area contributed by atoms with Gasteiger partial charge in [0.25, 0.3) is 0 Å². The highest BCUT2D eigenvalue weighted by Crippen LogP contribution is 2.22. The van der Waals surface area contributed by atoms with Gasteiger partial charge in [-0.25, -0.2) is 4.98 Å². The van der Waals surface area contributed by atoms with Crippen molar-refractivity contribution in [2.24, 2.45) is 5.73 Å². The molecule has 1 rings (SSSR count). The lowest BCUT2D eigenvalue weighted by Crippen LogP contribution is -2.21. The van der Waals surface area contributed by atoms with Crippen LogP contribution < -0.4 is 15.4 Å². The van der Waals surface area contributed by atoms with Crippen LogP contribution in [-0.4, -0.2) is 37.2 Å². The van der Waals surface area contributed by atoms with E-state index in [9.17, 15) is 0 Å². The van der Waals surface area contributed by atoms with Crippen LogP contribution in [0.1, 0.15) is 19.3 Å². The van der Waals surface area contributed by atoms with Crippen molar-refractivity contribution in [1.29, 1.82) is 0 Å². The summed E-state index contributed by atoms with van der Waals surface area (Å²) in [5, 5.41) is 0. The molecule has 0 aliphatic rings. The van der Waals surface area contributed by atoms with Gasteiger partial charge in [-0.05, 0) is 35.3 Å². The van der Waals surface area contributed by atoms with Crippen molar-refractivity contribution < 1.29 is 4.74 Å². The van der Waals surface area contributed by atoms with Gasteiger partial charge in [0.1, 0.15) is 0 Å². The SMILES string of the molecule is COc1nc(N(C)CCCCCN)ncc1Br. The van der Waals surface area contributed by atoms with Crippen LogP contribution in [0.4, 0.5) is 5.95 Å². The predicted molar refractivity (Wildman–Crippen MR) is 72.5 cm³/mol. The van der Waals surface area contributed by atoms with Crippen LogP contribution in [-0.2, 0) is 0 Å². The minimum absolute atomic E-state index is 0.559. The Hall–Kier alpha value is -0.880. The molecule has 0 atom stereocenters. The summed E-state index contributed by atoms with van der Waals surface area (Å²) in [6, 6.07) is 0. The van der Waals surface area contributed by atoms with Crippen molar-refractivity contribution in [3.63, 3.8) is 0 Å². The lowest BCUT2D eigenvalue weighted by Gasteiger charge is -2.17. The van der Waals surface area contributed by atoms with Gasteiger partial charge in [-0.1, -0.05) is 6.42 Å². The van der Waals surface area contributed by atoms with Crippen LogP contribution in [0.2, 0.25) is 0 Å². The number of nitrogens with two attached hydrogens (primary N) is 1. The minimum Gasteiger partial charge on any atom is -0.480 e. The number of hydrogen-bond acceptors (Lipinski definition) is 5. The molecule has 0 spiro atoms. The van der Waals surface area contributed by atoms with Crippen molar-refractivity contribution in [1.82, 2.24) is 9.97 Å². The normalized spacial score (nSPS) is 10.4. The second-order valence-electron chi connectivity index (χ2n) is 3.80. The molecule has 0 saturated carbocycles. The molecule has 0 radical (unpaired) electrons. The number of halogens is 1. The number of hydrogen-bond donors (Lipinski definition) is 1. The summed E-state index contributed by atoms with van der Waals surface area (Å²) in [6.07, 6.45) is 5.00. The summed E-state index contributed by atoms with van der Waals surface area (Å²) < 4.78 is 5.90. The van der Waals surface area contributed by atoms with Gasteiger partial charge in [0.15, 0.2) is 0 Å². The number of anilines is 1. The molecule has 0 bridgehead atoms. The molecule has 0 aliphatic heterocycles. The van der Waals surface area contributed by atoms with Gasteiger partial charge in [-0.15, -0.1) is 0 Å². The lowest BCUT2D eigenvalue weighted by molar-refractivity contribution is 0.394. The van der Waals surface area contributed by atoms with Crippen LogP contribution in [0, 0.1) is 0 Å². The smallest absolute Gasteiger partial charge is 0.232 e. The zero-order valence-corrected chi connectivity index (χ0v) is 11.9. The molecule has 5 nitrogen and oxygen atoms in total. The van der Waals surface area contributed by atoms with Crippen molar-refractivity contribution in [2.75, 3.05) is 32.1 Å². The topological polar surface area (TPSA) is 64.3 Å². The van der Waals surface area contributed by atoms with E-state index in [-0.39, 0.29) is 0 Å². The molecule has 6 heteroatoms. The summed E-state index contributed by atoms with van der Waals surface area (Å²) in [4.78, 5) is 10.6. The summed E-state index contributed by atoms with van der Waals surface area (Å²) in [5.41, 5.74) is 5.45. The fourth-order valence-corrected chi connectivity index (χ4v) is 1.79. The van der Waals surface area contributed by atoms with Gasteiger partial charge in [-0.3, -0.25) is 0 Å². The maximum atomic E-state index is 5.45. The lowest BCUT2D eigenvalue weighted by atomic mass is 10.2. The third-order valence-electron chi connectivity index (χ3n) is 2.43. The quantitative estimate of drug-likeness (QED) is 0.778. The van der Waals surface area contributed by atoms with Crippen molar-refractivity contribution >= 4 is 21.9 Å². The first-order valence-electron chi connectivity index (χ1n) is 5.66. The van der Waals surface area contributed by atoms with Gasteiger partial charge in [0, 0.05) is 13.6 Å². The molecule has 0 aromatic carbocycles. The highest BCUT2D eigenvalue weighted by Gasteiger charge is 2.08. The minimum atomic E-state index is 0.559. The maximum absolute atomic E-state index is 5.45. The number of rotatable bonds is 7. The molecule has 0 amide bonds. The molecule has 1 aromatic rings. The molecule has 1 aromatic heterocycles. The first-order chi connectivity index (χ1) is 8.19. The van der Waals surface area contributed by atoms with Gasteiger partial charge >= 0.3 is 0 Å². The Morgan fingerprint density at radius 2 is 2.18 bits per heavy atom. The fraction of sp³-hybridized carbons (Fsp3) is 0.636. The van der Waals surface area contributed by atoms with E-state index in [1.54, 1.807) is 13.3 Å². The largest absolute Gasteiger partial charge is 0.480 e. The second kappa shape index (κ2) is 7.45. The van der Waals surface area contributed by atoms with Crippen LogP contribution in [0.15, 0.2) is 10.7 Å². The Morgan fingerprint density at radius 1 is 1.41 bits per heavy atom. The standard InChI is InChI=1S/C11H19BrN4O/c1-16(7-5-3-4-6-13)11-14-8-9(12)10(15-11)17-2/h8H,3-7,13H2,1-2H3. The molecule has 0 unspecified atom stereocenters. The number of ether oxygens (including phenoxy) is 1. The highest BCUT2D eigenvalue weighted by atomic mass is 79.9. The number of aromatic nitrogens is 2. The molecule has 0 saturated heterocycles. The molecule has 1 heterocycles. The van der Waals surface area contributed by atoms with Crippen molar-refractivity contribution in [3.05, 3.63) is 10.7 Å². The van der Waals surface area contributed by atoms with E-state index in [4.69, 9.17) is 10.5 Å². The summed E-state index contributed by atoms with van der Waals surface area (Å²) >= 11 is 3.33. The van der Waals surface area contributed by atoms with E-state index in [1.807, 2.05) is 11.9 Å². The van der Waals surface area contributed by atoms with Crippen LogP contribution >= 0.6 is 15.9 Å². The van der Waals surface area contributed by atoms with E-state index < -0.39 is 0 Å². The Bertz CT molecular complexity index is 348. The third-order valence-corrected chi connectivity index (χ3v) is 2.98. The Morgan fingerprint density at radius 3 is 2.82 bits per heavy atom. The van der Waals surface area contributed by atoms with Crippen LogP contribution in [0.5, 0.6) is 5.88 Å². The first-order valence-corrected chi connectivity index (χ1v) is 6.46. The zero-order chi connectivity index (χ0) is 12.7. The summed E-state index contributed by atoms with van der Waals surface area (Å²) in [7, 11) is 3.57. The first kappa shape index (κ1) is 14.2. The molecular formula is C11H19BrN4O. The van der Waals surface area contributed by atoms with Gasteiger partial charge in [-0.2, -0.15) is 4.98 Å². The predicted octanol–water partition coefficient (Wildman–Crippen LogP) is 1.81. The second-order valence-corrected chi connectivity index (χ2v) is 4.65. The fourth-order valence-electron chi connectivity index (χ4n) is 1.44. The number of methoxy groups -OCH3 is 1. The van der Waals surface area contributed by atoms with E-state index >= 15 is 0 Å². The van der Waals surface area contributed by atoms with Gasteiger partial charge in [0.2, 0.25) is 11.8 Å². The van der Waals surface area contributed by atoms with Gasteiger partial charge in [0.05, 0.1) is 17.8 Å². The molecule has 2 N–H and O–H groups in total. The Kier molecular flexibility index (Phi) is 6.21. The average Bonchev–Trinajstić information content (AvgIpc) is 2.35. The number of unbranched alkanes of at least 4 members (excludes halogenated alkanes) is 2. The number of nitrogens with zero attached hydrogens (tertiary/aromatic N) is 3. The van der Waals surface area contributed by atoms with E-state index in [2.05, 4.69) is 25.9 Å². The molecule has 0 fully saturated rings. The van der Waals surface area contributed by atoms with E-state index in [1.165, 1.54) is 0 Å². The van der Waals surface area contributed by atoms with E-state index in [0.29, 0.717) is 11.8 Å². The van der Waals surface area contributed by atoms with E-state index in [0.717, 1.165) is 36.8 Å².